The summed E-state index contributed by atoms with van der Waals surface area (Å²) in [6, 6.07) is -5.40. The summed E-state index contributed by atoms with van der Waals surface area (Å²) in [5.74, 6) is -3.97. The molecule has 7 aliphatic rings. The zero-order valence-corrected chi connectivity index (χ0v) is 48.5. The van der Waals surface area contributed by atoms with Gasteiger partial charge in [0.15, 0.2) is 44.0 Å². The Balaban J connectivity index is 1.18. The summed E-state index contributed by atoms with van der Waals surface area (Å²) in [5, 5.41) is 204. The Labute approximate surface area is 504 Å². The maximum absolute atomic E-state index is 12.9. The zero-order chi connectivity index (χ0) is 66.0. The number of nitrogens with one attached hydrogen (secondary N) is 3. The molecule has 516 valence electrons. The van der Waals surface area contributed by atoms with E-state index >= 15 is 0 Å². The van der Waals surface area contributed by atoms with Gasteiger partial charge in [-0.2, -0.15) is 8.42 Å². The van der Waals surface area contributed by atoms with Gasteiger partial charge in [-0.15, -0.1) is 0 Å². The first-order chi connectivity index (χ1) is 41.7. The van der Waals surface area contributed by atoms with E-state index in [-0.39, 0.29) is 0 Å². The fourth-order valence-electron chi connectivity index (χ4n) is 11.1. The third-order valence-electron chi connectivity index (χ3n) is 15.9. The summed E-state index contributed by atoms with van der Waals surface area (Å²) < 4.78 is 109. The van der Waals surface area contributed by atoms with Crippen molar-refractivity contribution in [1.29, 1.82) is 0 Å². The molecule has 3 amide bonds. The first kappa shape index (κ1) is 73.5. The second-order valence-corrected chi connectivity index (χ2v) is 23.9. The summed E-state index contributed by atoms with van der Waals surface area (Å²) in [6.07, 6.45) is -63.6. The predicted molar refractivity (Wildman–Crippen MR) is 274 cm³/mol. The Bertz CT molecular complexity index is 2410. The van der Waals surface area contributed by atoms with Crippen molar-refractivity contribution in [1.82, 2.24) is 16.0 Å². The van der Waals surface area contributed by atoms with E-state index in [1.807, 2.05) is 0 Å². The summed E-state index contributed by atoms with van der Waals surface area (Å²) >= 11 is 0. The van der Waals surface area contributed by atoms with Crippen LogP contribution >= 0.6 is 0 Å². The number of hydrogen-bond acceptors (Lipinski definition) is 36. The fraction of sp³-hybridized carbons (Fsp3) is 0.938. The van der Waals surface area contributed by atoms with Gasteiger partial charge in [0.05, 0.1) is 39.1 Å². The van der Waals surface area contributed by atoms with Gasteiger partial charge in [-0.25, -0.2) is 0 Å². The number of carbonyl (C=O) groups excluding carboxylic acids is 3. The third-order valence-corrected chi connectivity index (χ3v) is 16.6. The van der Waals surface area contributed by atoms with Crippen LogP contribution in [0.4, 0.5) is 0 Å². The molecule has 0 unspecified atom stereocenters. The van der Waals surface area contributed by atoms with Gasteiger partial charge < -0.3 is 169 Å². The van der Waals surface area contributed by atoms with Gasteiger partial charge >= 0.3 is 0 Å². The third kappa shape index (κ3) is 17.0. The van der Waals surface area contributed by atoms with Crippen molar-refractivity contribution in [3.8, 4) is 0 Å². The minimum atomic E-state index is -4.98. The van der Waals surface area contributed by atoms with Crippen LogP contribution in [0, 0.1) is 0 Å². The van der Waals surface area contributed by atoms with E-state index in [0.717, 1.165) is 20.8 Å². The minimum Gasteiger partial charge on any atom is -0.394 e. The molecule has 7 heterocycles. The van der Waals surface area contributed by atoms with Gasteiger partial charge in [0.1, 0.15) is 170 Å². The molecular weight excluding hydrogens is 1240 g/mol. The number of rotatable bonds is 22. The predicted octanol–water partition coefficient (Wildman–Crippen LogP) is -14.9. The molecule has 0 aliphatic carbocycles. The number of carbonyl (C=O) groups is 3. The molecule has 0 bridgehead atoms. The van der Waals surface area contributed by atoms with E-state index in [9.17, 15) is 119 Å². The van der Waals surface area contributed by atoms with Crippen molar-refractivity contribution in [3.05, 3.63) is 0 Å². The lowest BCUT2D eigenvalue weighted by molar-refractivity contribution is -0.387. The SMILES string of the molecule is CC(=O)N[C@@H]1[C@@H](O)[C@H](O[C@@H]2O[C@H](CO)[C@@H](O[C@@H]3O[C@H](CO[C@H]4O[C@H](CO)[C@@H](O)[C@H](O)[C@@H]4O[C@@H]4O[C@H](CS(=O)(=O)O)[C@@H](O)[C@H](O)[C@H]4NC(C)=O)[C@@H](O)[C@H](O[C@H]4O[C@H](CO)[C@@H](O)[C@H](O)[C@@H]4O)[C@@H]3O)[C@H](O)[C@H]2NC(C)=O)[C@@H](CO[C@@H]2O[C@@H](C)[C@@H](O)[C@@H](O)[C@@H]2O)O[C@H]1O. The molecule has 22 N–H and O–H groups in total. The monoisotopic (exact) mass is 1320 g/mol. The number of amides is 3. The Kier molecular flexibility index (Phi) is 25.7. The molecule has 0 saturated carbocycles. The van der Waals surface area contributed by atoms with E-state index < -0.39 is 281 Å². The molecule has 0 aromatic heterocycles. The highest BCUT2D eigenvalue weighted by molar-refractivity contribution is 7.85. The Hall–Kier alpha value is -2.92. The summed E-state index contributed by atoms with van der Waals surface area (Å²) in [7, 11) is -4.98. The second kappa shape index (κ2) is 31.1. The first-order valence-corrected chi connectivity index (χ1v) is 29.6. The lowest BCUT2D eigenvalue weighted by Gasteiger charge is -2.50. The first-order valence-electron chi connectivity index (χ1n) is 27.9. The highest BCUT2D eigenvalue weighted by Crippen LogP contribution is 2.37. The molecular formula is C48H81N3O37S. The molecule has 0 aromatic rings. The van der Waals surface area contributed by atoms with Gasteiger partial charge in [-0.05, 0) is 6.92 Å². The highest BCUT2D eigenvalue weighted by atomic mass is 32.2. The smallest absolute Gasteiger partial charge is 0.267 e. The van der Waals surface area contributed by atoms with Crippen molar-refractivity contribution in [2.24, 2.45) is 0 Å². The molecule has 0 spiro atoms. The van der Waals surface area contributed by atoms with Crippen molar-refractivity contribution < 1.29 is 181 Å². The summed E-state index contributed by atoms with van der Waals surface area (Å²) in [5.41, 5.74) is 0. The van der Waals surface area contributed by atoms with Crippen LogP contribution in [-0.2, 0) is 86.1 Å². The molecule has 0 radical (unpaired) electrons. The minimum absolute atomic E-state index is 0.785. The van der Waals surface area contributed by atoms with Gasteiger partial charge in [-0.3, -0.25) is 18.9 Å². The molecule has 7 saturated heterocycles. The van der Waals surface area contributed by atoms with Gasteiger partial charge in [0.2, 0.25) is 17.7 Å². The normalized spacial score (nSPS) is 48.3. The number of hydrogen-bond donors (Lipinski definition) is 22. The zero-order valence-electron chi connectivity index (χ0n) is 47.7. The number of aliphatic hydroxyl groups is 18. The van der Waals surface area contributed by atoms with E-state index in [1.165, 1.54) is 6.92 Å². The van der Waals surface area contributed by atoms with E-state index in [2.05, 4.69) is 16.0 Å². The van der Waals surface area contributed by atoms with Crippen LogP contribution in [0.15, 0.2) is 0 Å². The highest BCUT2D eigenvalue weighted by Gasteiger charge is 2.58. The van der Waals surface area contributed by atoms with Crippen LogP contribution in [-0.4, -0.2) is 376 Å². The summed E-state index contributed by atoms with van der Waals surface area (Å²) in [4.78, 5) is 37.4. The van der Waals surface area contributed by atoms with Crippen molar-refractivity contribution in [2.45, 2.75) is 242 Å². The van der Waals surface area contributed by atoms with Crippen LogP contribution in [0.25, 0.3) is 0 Å². The Morgan fingerprint density at radius 3 is 1.35 bits per heavy atom. The molecule has 89 heavy (non-hydrogen) atoms. The van der Waals surface area contributed by atoms with Crippen LogP contribution in [0.2, 0.25) is 0 Å². The maximum Gasteiger partial charge on any atom is 0.267 e. The van der Waals surface area contributed by atoms with Crippen molar-refractivity contribution in [2.75, 3.05) is 38.8 Å². The molecule has 41 heteroatoms. The lowest BCUT2D eigenvalue weighted by Crippen LogP contribution is -2.70. The molecule has 35 atom stereocenters. The average Bonchev–Trinajstić information content (AvgIpc) is 1.48. The average molecular weight is 1320 g/mol. The van der Waals surface area contributed by atoms with Crippen LogP contribution in [0.1, 0.15) is 27.7 Å². The molecule has 40 nitrogen and oxygen atoms in total. The number of aliphatic hydroxyl groups excluding tert-OH is 18. The van der Waals surface area contributed by atoms with Gasteiger partial charge in [0, 0.05) is 20.8 Å². The second-order valence-electron chi connectivity index (χ2n) is 22.4. The molecule has 7 fully saturated rings. The topological polar surface area (TPSA) is 626 Å². The number of ether oxygens (including phenoxy) is 13. The van der Waals surface area contributed by atoms with Gasteiger partial charge in [-0.1, -0.05) is 0 Å². The Morgan fingerprint density at radius 1 is 0.371 bits per heavy atom. The van der Waals surface area contributed by atoms with Gasteiger partial charge in [0.25, 0.3) is 10.1 Å². The van der Waals surface area contributed by atoms with Crippen LogP contribution < -0.4 is 16.0 Å². The summed E-state index contributed by atoms with van der Waals surface area (Å²) in [6.45, 7) is -0.811. The standard InChI is InChI=1S/C48H81N3O37S/c1-11-24(58)32(66)35(69)45(78-11)76-9-19-39(30(64)21(42(72)79-19)49-12(2)55)85-44-23(51-14(4)57)31(65)38(17(7-54)82-44)86-47-37(71)40(87-46-36(70)33(67)25(59)15(5-52)80-46)28(62)18(83-47)8-77-48-41(34(68)26(60)16(6-53)81-48)88-43-22(50-13(3)56)29(63)27(61)20(84-43)10-89(73,74)75/h11,15-48,52-54,58-72H,5-10H2,1-4H3,(H,49,55)(H,50,56)(H,51,57)(H,73,74,75)/t11-,15+,16+,17+,18+,19+,20+,21+,22+,23+,24+,25+,26+,27+,28+,29+,30+,31+,32+,33-,34-,35-,36-,37-,38+,39+,40-,41-,42+,43-,44-,45+,46+,47-,48-/m0/s1. The largest absolute Gasteiger partial charge is 0.394 e. The van der Waals surface area contributed by atoms with Crippen LogP contribution in [0.3, 0.4) is 0 Å². The quantitative estimate of drug-likeness (QED) is 0.0448. The molecule has 0 aromatic carbocycles. The molecule has 7 rings (SSSR count). The fourth-order valence-corrected chi connectivity index (χ4v) is 11.8. The van der Waals surface area contributed by atoms with Crippen molar-refractivity contribution in [3.63, 3.8) is 0 Å². The van der Waals surface area contributed by atoms with E-state index in [1.54, 1.807) is 0 Å². The van der Waals surface area contributed by atoms with E-state index in [4.69, 9.17) is 61.6 Å². The van der Waals surface area contributed by atoms with Crippen LogP contribution in [0.5, 0.6) is 0 Å². The Morgan fingerprint density at radius 2 is 0.775 bits per heavy atom. The maximum atomic E-state index is 12.9. The lowest BCUT2D eigenvalue weighted by atomic mass is 9.93. The van der Waals surface area contributed by atoms with Crippen molar-refractivity contribution >= 4 is 27.8 Å². The van der Waals surface area contributed by atoms with E-state index in [0.29, 0.717) is 0 Å². The molecule has 7 aliphatic heterocycles.